The van der Waals surface area contributed by atoms with Crippen LogP contribution in [0.3, 0.4) is 0 Å². The summed E-state index contributed by atoms with van der Waals surface area (Å²) in [6.45, 7) is 0. The van der Waals surface area contributed by atoms with Crippen LogP contribution in [0.2, 0.25) is 0 Å². The molecule has 0 aliphatic rings. The Balaban J connectivity index is 3.26. The number of nitrogens with one attached hydrogen (secondary N) is 1. The van der Waals surface area contributed by atoms with E-state index in [2.05, 4.69) is 16.0 Å². The van der Waals surface area contributed by atoms with Gasteiger partial charge in [0.05, 0.1) is 0 Å². The number of hydrogen-bond acceptors (Lipinski definition) is 1. The first kappa shape index (κ1) is 5.99. The number of amidine groups is 1. The third-order valence-corrected chi connectivity index (χ3v) is 1.26. The average Bonchev–Trinajstić information content (AvgIpc) is 1.36. The van der Waals surface area contributed by atoms with Crippen molar-refractivity contribution in [3.8, 4) is 0 Å². The molecule has 0 bridgehead atoms. The molecule has 0 spiro atoms. The quantitative estimate of drug-likeness (QED) is 0.279. The molecule has 0 saturated carbocycles. The molecular formula is C3H8N2Se. The summed E-state index contributed by atoms with van der Waals surface area (Å²) in [5.74, 6) is 0. The van der Waals surface area contributed by atoms with Gasteiger partial charge >= 0.3 is 45.2 Å². The zero-order valence-corrected chi connectivity index (χ0v) is 5.77. The topological polar surface area (TPSA) is 27.1 Å². The second-order valence-corrected chi connectivity index (χ2v) is 2.11. The van der Waals surface area contributed by atoms with E-state index < -0.39 is 0 Å². The first-order chi connectivity index (χ1) is 2.64. The Morgan fingerprint density at radius 2 is 1.83 bits per heavy atom. The Hall–Kier alpha value is -0.0105. The van der Waals surface area contributed by atoms with Crippen molar-refractivity contribution in [3.05, 3.63) is 0 Å². The van der Waals surface area contributed by atoms with Crippen LogP contribution in [0, 0.1) is 5.41 Å². The molecule has 0 unspecified atom stereocenters. The Bertz CT molecular complexity index is 59.8. The van der Waals surface area contributed by atoms with Crippen molar-refractivity contribution in [1.82, 2.24) is 4.90 Å². The third kappa shape index (κ3) is 2.24. The molecule has 0 rings (SSSR count). The normalized spacial score (nSPS) is 7.83. The fourth-order valence-electron chi connectivity index (χ4n) is 0. The van der Waals surface area contributed by atoms with E-state index in [1.54, 1.807) is 4.90 Å². The van der Waals surface area contributed by atoms with E-state index in [1.165, 1.54) is 0 Å². The van der Waals surface area contributed by atoms with Crippen LogP contribution in [-0.4, -0.2) is 39.7 Å². The molecule has 0 radical (unpaired) electrons. The minimum absolute atomic E-state index is 0.530. The SMILES string of the molecule is CN(C)C(=N)[SeH]. The van der Waals surface area contributed by atoms with Gasteiger partial charge in [0.1, 0.15) is 0 Å². The van der Waals surface area contributed by atoms with Gasteiger partial charge in [-0.05, 0) is 0 Å². The summed E-state index contributed by atoms with van der Waals surface area (Å²) in [5, 5.41) is 6.85. The van der Waals surface area contributed by atoms with Crippen molar-refractivity contribution in [2.75, 3.05) is 14.1 Å². The summed E-state index contributed by atoms with van der Waals surface area (Å²) in [6, 6.07) is 0. The number of rotatable bonds is 0. The van der Waals surface area contributed by atoms with Gasteiger partial charge in [-0.15, -0.1) is 0 Å². The minimum atomic E-state index is 0.530. The van der Waals surface area contributed by atoms with Crippen LogP contribution in [0.15, 0.2) is 0 Å². The molecule has 0 heterocycles. The van der Waals surface area contributed by atoms with Crippen LogP contribution < -0.4 is 0 Å². The van der Waals surface area contributed by atoms with Crippen LogP contribution in [0.5, 0.6) is 0 Å². The maximum atomic E-state index is 6.85. The Kier molecular flexibility index (Phi) is 2.21. The van der Waals surface area contributed by atoms with Crippen LogP contribution in [0.1, 0.15) is 0 Å². The molecule has 3 heteroatoms. The van der Waals surface area contributed by atoms with E-state index in [4.69, 9.17) is 5.41 Å². The van der Waals surface area contributed by atoms with Crippen molar-refractivity contribution < 1.29 is 0 Å². The predicted octanol–water partition coefficient (Wildman–Crippen LogP) is -0.616. The summed E-state index contributed by atoms with van der Waals surface area (Å²) in [6.07, 6.45) is 0. The van der Waals surface area contributed by atoms with Crippen molar-refractivity contribution in [1.29, 1.82) is 5.41 Å². The van der Waals surface area contributed by atoms with E-state index >= 15 is 0 Å². The fourth-order valence-corrected chi connectivity index (χ4v) is 0. The van der Waals surface area contributed by atoms with Gasteiger partial charge in [0.25, 0.3) is 0 Å². The van der Waals surface area contributed by atoms with Gasteiger partial charge in [-0.25, -0.2) is 0 Å². The molecule has 36 valence electrons. The summed E-state index contributed by atoms with van der Waals surface area (Å²) < 4.78 is 0.530. The summed E-state index contributed by atoms with van der Waals surface area (Å²) >= 11 is 2.15. The molecule has 0 saturated heterocycles. The predicted molar refractivity (Wildman–Crippen MR) is 28.6 cm³/mol. The molecule has 0 aromatic carbocycles. The standard InChI is InChI=1S/C3H8N2Se/c1-5(2)3(4)6/h1-2H3,(H2,4,6). The fraction of sp³-hybridized carbons (Fsp3) is 0.667. The molecule has 6 heavy (non-hydrogen) atoms. The van der Waals surface area contributed by atoms with Gasteiger partial charge in [0.15, 0.2) is 0 Å². The van der Waals surface area contributed by atoms with Crippen LogP contribution in [0.25, 0.3) is 0 Å². The maximum absolute atomic E-state index is 6.85. The van der Waals surface area contributed by atoms with E-state index in [0.717, 1.165) is 0 Å². The molecule has 0 aliphatic carbocycles. The first-order valence-corrected chi connectivity index (χ1v) is 2.53. The Morgan fingerprint density at radius 3 is 1.83 bits per heavy atom. The Morgan fingerprint density at radius 1 is 1.67 bits per heavy atom. The number of hydrogen-bond donors (Lipinski definition) is 1. The molecule has 0 aliphatic heterocycles. The van der Waals surface area contributed by atoms with Crippen molar-refractivity contribution >= 4 is 20.7 Å². The summed E-state index contributed by atoms with van der Waals surface area (Å²) in [7, 11) is 3.67. The van der Waals surface area contributed by atoms with Crippen LogP contribution in [0.4, 0.5) is 0 Å². The second-order valence-electron chi connectivity index (χ2n) is 1.22. The van der Waals surface area contributed by atoms with Gasteiger partial charge in [-0.3, -0.25) is 0 Å². The first-order valence-electron chi connectivity index (χ1n) is 1.59. The monoisotopic (exact) mass is 152 g/mol. The van der Waals surface area contributed by atoms with E-state index in [1.807, 2.05) is 14.1 Å². The molecule has 0 amide bonds. The van der Waals surface area contributed by atoms with E-state index in [-0.39, 0.29) is 0 Å². The molecule has 2 nitrogen and oxygen atoms in total. The zero-order valence-electron chi connectivity index (χ0n) is 3.89. The second kappa shape index (κ2) is 2.21. The molecule has 0 atom stereocenters. The van der Waals surface area contributed by atoms with Gasteiger partial charge in [0.2, 0.25) is 0 Å². The van der Waals surface area contributed by atoms with Gasteiger partial charge in [0, 0.05) is 0 Å². The zero-order chi connectivity index (χ0) is 5.15. The molecular weight excluding hydrogens is 143 g/mol. The van der Waals surface area contributed by atoms with Crippen molar-refractivity contribution in [2.24, 2.45) is 0 Å². The average molecular weight is 151 g/mol. The summed E-state index contributed by atoms with van der Waals surface area (Å²) in [5.41, 5.74) is 0. The molecule has 0 fully saturated rings. The van der Waals surface area contributed by atoms with Gasteiger partial charge in [-0.2, -0.15) is 0 Å². The van der Waals surface area contributed by atoms with Crippen molar-refractivity contribution in [2.45, 2.75) is 0 Å². The summed E-state index contributed by atoms with van der Waals surface area (Å²) in [4.78, 5) is 1.72. The van der Waals surface area contributed by atoms with Gasteiger partial charge in [-0.1, -0.05) is 0 Å². The van der Waals surface area contributed by atoms with E-state index in [0.29, 0.717) is 4.73 Å². The Labute approximate surface area is 45.8 Å². The van der Waals surface area contributed by atoms with Gasteiger partial charge < -0.3 is 0 Å². The number of nitrogens with zero attached hydrogens (tertiary/aromatic N) is 1. The molecule has 1 N–H and O–H groups in total. The third-order valence-electron chi connectivity index (χ3n) is 0.424. The molecule has 0 aromatic rings. The molecule has 0 aromatic heterocycles. The van der Waals surface area contributed by atoms with E-state index in [9.17, 15) is 0 Å². The van der Waals surface area contributed by atoms with Crippen LogP contribution in [-0.2, 0) is 0 Å². The van der Waals surface area contributed by atoms with Crippen LogP contribution >= 0.6 is 0 Å². The van der Waals surface area contributed by atoms with Crippen molar-refractivity contribution in [3.63, 3.8) is 0 Å².